The quantitative estimate of drug-likeness (QED) is 0.350. The van der Waals surface area contributed by atoms with Gasteiger partial charge in [0.05, 0.1) is 25.7 Å². The number of esters is 1. The summed E-state index contributed by atoms with van der Waals surface area (Å²) >= 11 is 0. The Kier molecular flexibility index (Phi) is 7.22. The first-order chi connectivity index (χ1) is 13.3. The zero-order valence-corrected chi connectivity index (χ0v) is 15.5. The molecule has 0 heterocycles. The summed E-state index contributed by atoms with van der Waals surface area (Å²) in [5.74, 6) is -1.86. The highest BCUT2D eigenvalue weighted by Crippen LogP contribution is 2.28. The lowest BCUT2D eigenvalue weighted by Crippen LogP contribution is -2.25. The van der Waals surface area contributed by atoms with Crippen molar-refractivity contribution in [2.75, 3.05) is 20.3 Å². The Hall–Kier alpha value is -3.26. The number of ketones is 1. The Balaban J connectivity index is 2.14. The zero-order chi connectivity index (χ0) is 20.7. The minimum atomic E-state index is -1.16. The normalized spacial score (nSPS) is 19.0. The van der Waals surface area contributed by atoms with Crippen LogP contribution in [-0.4, -0.2) is 53.5 Å². The maximum atomic E-state index is 12.3. The van der Waals surface area contributed by atoms with Gasteiger partial charge in [0.25, 0.3) is 0 Å². The van der Waals surface area contributed by atoms with Crippen LogP contribution in [0.5, 0.6) is 11.5 Å². The molecule has 0 saturated heterocycles. The molecule has 0 amide bonds. The SMILES string of the molecule is CCOC(=O)COC1=CC(O)=CC(O)C1C=CC(=O)c1ccc(OC)c(O)c1. The lowest BCUT2D eigenvalue weighted by molar-refractivity contribution is -0.147. The molecule has 8 nitrogen and oxygen atoms in total. The number of carbonyl (C=O) groups is 2. The Labute approximate surface area is 162 Å². The summed E-state index contributed by atoms with van der Waals surface area (Å²) in [5.41, 5.74) is 0.219. The van der Waals surface area contributed by atoms with Gasteiger partial charge in [-0.3, -0.25) is 4.79 Å². The highest BCUT2D eigenvalue weighted by atomic mass is 16.6. The van der Waals surface area contributed by atoms with E-state index in [-0.39, 0.29) is 35.2 Å². The molecule has 0 aliphatic heterocycles. The maximum absolute atomic E-state index is 12.3. The highest BCUT2D eigenvalue weighted by Gasteiger charge is 2.26. The highest BCUT2D eigenvalue weighted by molar-refractivity contribution is 6.04. The maximum Gasteiger partial charge on any atom is 0.344 e. The van der Waals surface area contributed by atoms with Gasteiger partial charge in [0.15, 0.2) is 23.9 Å². The van der Waals surface area contributed by atoms with Crippen molar-refractivity contribution in [3.05, 3.63) is 59.6 Å². The van der Waals surface area contributed by atoms with Crippen LogP contribution >= 0.6 is 0 Å². The van der Waals surface area contributed by atoms with E-state index in [2.05, 4.69) is 0 Å². The standard InChI is InChI=1S/C20H22O8/c1-3-27-20(25)11-28-19-10-13(21)9-16(23)14(19)5-6-15(22)12-4-7-18(26-2)17(24)8-12/h4-10,14,16,21,23-24H,3,11H2,1-2H3. The fraction of sp³-hybridized carbons (Fsp3) is 0.300. The monoisotopic (exact) mass is 390 g/mol. The number of rotatable bonds is 8. The molecule has 2 unspecified atom stereocenters. The van der Waals surface area contributed by atoms with Gasteiger partial charge in [-0.1, -0.05) is 6.08 Å². The van der Waals surface area contributed by atoms with Crippen molar-refractivity contribution in [2.45, 2.75) is 13.0 Å². The molecule has 2 atom stereocenters. The third kappa shape index (κ3) is 5.37. The predicted molar refractivity (Wildman–Crippen MR) is 99.0 cm³/mol. The van der Waals surface area contributed by atoms with Crippen LogP contribution in [0, 0.1) is 5.92 Å². The number of allylic oxidation sites excluding steroid dienone is 2. The minimum absolute atomic E-state index is 0.113. The second-order valence-electron chi connectivity index (χ2n) is 5.86. The van der Waals surface area contributed by atoms with Crippen molar-refractivity contribution in [1.82, 2.24) is 0 Å². The van der Waals surface area contributed by atoms with Crippen LogP contribution in [0.3, 0.4) is 0 Å². The lowest BCUT2D eigenvalue weighted by Gasteiger charge is -2.24. The van der Waals surface area contributed by atoms with Gasteiger partial charge in [0, 0.05) is 11.6 Å². The lowest BCUT2D eigenvalue weighted by atomic mass is 9.93. The summed E-state index contributed by atoms with van der Waals surface area (Å²) in [6, 6.07) is 4.21. The van der Waals surface area contributed by atoms with Crippen LogP contribution in [-0.2, 0) is 14.3 Å². The number of carbonyl (C=O) groups excluding carboxylic acids is 2. The van der Waals surface area contributed by atoms with E-state index >= 15 is 0 Å². The van der Waals surface area contributed by atoms with Crippen LogP contribution in [0.4, 0.5) is 0 Å². The number of aliphatic hydroxyl groups excluding tert-OH is 2. The third-order valence-electron chi connectivity index (χ3n) is 3.91. The number of aliphatic hydroxyl groups is 2. The van der Waals surface area contributed by atoms with Gasteiger partial charge >= 0.3 is 5.97 Å². The second kappa shape index (κ2) is 9.61. The molecule has 28 heavy (non-hydrogen) atoms. The zero-order valence-electron chi connectivity index (χ0n) is 15.5. The van der Waals surface area contributed by atoms with Crippen molar-refractivity contribution >= 4 is 11.8 Å². The van der Waals surface area contributed by atoms with Crippen molar-refractivity contribution in [2.24, 2.45) is 5.92 Å². The van der Waals surface area contributed by atoms with Crippen LogP contribution in [0.15, 0.2) is 54.0 Å². The summed E-state index contributed by atoms with van der Waals surface area (Å²) in [7, 11) is 1.40. The Morgan fingerprint density at radius 3 is 2.64 bits per heavy atom. The van der Waals surface area contributed by atoms with Gasteiger partial charge in [-0.05, 0) is 37.3 Å². The van der Waals surface area contributed by atoms with Crippen molar-refractivity contribution in [1.29, 1.82) is 0 Å². The van der Waals surface area contributed by atoms with E-state index in [0.717, 1.165) is 0 Å². The van der Waals surface area contributed by atoms with Crippen molar-refractivity contribution in [3.8, 4) is 11.5 Å². The van der Waals surface area contributed by atoms with Gasteiger partial charge in [-0.2, -0.15) is 0 Å². The molecule has 3 N–H and O–H groups in total. The number of methoxy groups -OCH3 is 1. The second-order valence-corrected chi connectivity index (χ2v) is 5.86. The summed E-state index contributed by atoms with van der Waals surface area (Å²) in [6.45, 7) is 1.45. The molecular weight excluding hydrogens is 368 g/mol. The van der Waals surface area contributed by atoms with E-state index in [1.807, 2.05) is 0 Å². The molecule has 8 heteroatoms. The molecule has 0 fully saturated rings. The first-order valence-electron chi connectivity index (χ1n) is 8.54. The van der Waals surface area contributed by atoms with Crippen LogP contribution in [0.2, 0.25) is 0 Å². The third-order valence-corrected chi connectivity index (χ3v) is 3.91. The van der Waals surface area contributed by atoms with Crippen molar-refractivity contribution in [3.63, 3.8) is 0 Å². The topological polar surface area (TPSA) is 123 Å². The number of benzene rings is 1. The Bertz CT molecular complexity index is 821. The van der Waals surface area contributed by atoms with E-state index in [1.54, 1.807) is 6.92 Å². The van der Waals surface area contributed by atoms with Crippen molar-refractivity contribution < 1.29 is 39.1 Å². The minimum Gasteiger partial charge on any atom is -0.508 e. The van der Waals surface area contributed by atoms with E-state index in [1.165, 1.54) is 49.6 Å². The molecule has 0 spiro atoms. The number of ether oxygens (including phenoxy) is 3. The van der Waals surface area contributed by atoms with E-state index in [4.69, 9.17) is 14.2 Å². The Morgan fingerprint density at radius 2 is 2.00 bits per heavy atom. The van der Waals surface area contributed by atoms with E-state index in [0.29, 0.717) is 0 Å². The molecule has 1 aliphatic carbocycles. The number of phenolic OH excluding ortho intramolecular Hbond substituents is 1. The number of phenols is 1. The molecule has 0 radical (unpaired) electrons. The van der Waals surface area contributed by atoms with Crippen LogP contribution < -0.4 is 4.74 Å². The number of hydrogen-bond acceptors (Lipinski definition) is 8. The molecule has 1 aliphatic rings. The van der Waals surface area contributed by atoms with E-state index in [9.17, 15) is 24.9 Å². The molecule has 0 aromatic heterocycles. The summed E-state index contributed by atoms with van der Waals surface area (Å²) in [6.07, 6.45) is 3.90. The first kappa shape index (κ1) is 21.0. The fourth-order valence-corrected chi connectivity index (χ4v) is 2.56. The van der Waals surface area contributed by atoms with Gasteiger partial charge in [-0.25, -0.2) is 4.79 Å². The van der Waals surface area contributed by atoms with Crippen LogP contribution in [0.1, 0.15) is 17.3 Å². The van der Waals surface area contributed by atoms with Crippen LogP contribution in [0.25, 0.3) is 0 Å². The summed E-state index contributed by atoms with van der Waals surface area (Å²) < 4.78 is 15.0. The first-order valence-corrected chi connectivity index (χ1v) is 8.54. The molecule has 1 aromatic rings. The molecule has 150 valence electrons. The van der Waals surface area contributed by atoms with Gasteiger partial charge < -0.3 is 29.5 Å². The predicted octanol–water partition coefficient (Wildman–Crippen LogP) is 2.04. The largest absolute Gasteiger partial charge is 0.508 e. The smallest absolute Gasteiger partial charge is 0.344 e. The average Bonchev–Trinajstić information content (AvgIpc) is 2.65. The molecular formula is C20H22O8. The molecule has 2 rings (SSSR count). The summed E-state index contributed by atoms with van der Waals surface area (Å²) in [5, 5.41) is 29.6. The van der Waals surface area contributed by atoms with Gasteiger partial charge in [-0.15, -0.1) is 0 Å². The Morgan fingerprint density at radius 1 is 1.25 bits per heavy atom. The van der Waals surface area contributed by atoms with Gasteiger partial charge in [0.1, 0.15) is 11.5 Å². The number of hydrogen-bond donors (Lipinski definition) is 3. The fourth-order valence-electron chi connectivity index (χ4n) is 2.56. The van der Waals surface area contributed by atoms with Gasteiger partial charge in [0.2, 0.25) is 0 Å². The summed E-state index contributed by atoms with van der Waals surface area (Å²) in [4.78, 5) is 23.8. The number of aromatic hydroxyl groups is 1. The molecule has 0 saturated carbocycles. The molecule has 1 aromatic carbocycles. The average molecular weight is 390 g/mol. The molecule has 0 bridgehead atoms. The van der Waals surface area contributed by atoms with E-state index < -0.39 is 30.4 Å².